The molecule has 2 heteroatoms. The Bertz CT molecular complexity index is 1910. The third-order valence-corrected chi connectivity index (χ3v) is 7.79. The van der Waals surface area contributed by atoms with E-state index >= 15 is 0 Å². The van der Waals surface area contributed by atoms with E-state index in [0.717, 1.165) is 4.47 Å². The molecule has 0 amide bonds. The first-order valence-corrected chi connectivity index (χ1v) is 13.6. The van der Waals surface area contributed by atoms with Crippen molar-refractivity contribution in [2.75, 3.05) is 0 Å². The van der Waals surface area contributed by atoms with Crippen molar-refractivity contribution < 1.29 is 0 Å². The molecule has 0 saturated carbocycles. The van der Waals surface area contributed by atoms with Crippen LogP contribution in [0.4, 0.5) is 0 Å². The molecule has 7 aromatic rings. The van der Waals surface area contributed by atoms with E-state index in [1.165, 1.54) is 60.9 Å². The highest BCUT2D eigenvalue weighted by molar-refractivity contribution is 9.10. The van der Waals surface area contributed by atoms with Crippen LogP contribution in [0.1, 0.15) is 0 Å². The molecule has 0 atom stereocenters. The van der Waals surface area contributed by atoms with Crippen molar-refractivity contribution >= 4 is 37.7 Å². The van der Waals surface area contributed by atoms with Crippen molar-refractivity contribution in [2.45, 2.75) is 0 Å². The fourth-order valence-corrected chi connectivity index (χ4v) is 5.67. The monoisotopic (exact) mass is 549 g/mol. The highest BCUT2D eigenvalue weighted by Gasteiger charge is 2.14. The number of fused-ring (bicyclic) bond motifs is 3. The van der Waals surface area contributed by atoms with Gasteiger partial charge in [-0.25, -0.2) is 0 Å². The van der Waals surface area contributed by atoms with Crippen molar-refractivity contribution in [1.29, 1.82) is 0 Å². The number of para-hydroxylation sites is 1. The van der Waals surface area contributed by atoms with E-state index in [2.05, 4.69) is 166 Å². The van der Waals surface area contributed by atoms with Gasteiger partial charge in [0, 0.05) is 20.9 Å². The van der Waals surface area contributed by atoms with Crippen molar-refractivity contribution in [1.82, 2.24) is 4.57 Å². The topological polar surface area (TPSA) is 4.93 Å². The Morgan fingerprint density at radius 2 is 0.921 bits per heavy atom. The van der Waals surface area contributed by atoms with Gasteiger partial charge in [-0.2, -0.15) is 0 Å². The van der Waals surface area contributed by atoms with E-state index < -0.39 is 0 Å². The Morgan fingerprint density at radius 3 is 1.74 bits per heavy atom. The van der Waals surface area contributed by atoms with E-state index in [4.69, 9.17) is 0 Å². The number of benzene rings is 6. The standard InChI is InChI=1S/C36H24BrN/c37-31-19-16-26(17-20-31)27-10-6-11-28(22-27)30-18-21-34-33-14-4-5-15-35(33)38(36(34)24-30)32-13-7-12-29(23-32)25-8-2-1-3-9-25/h1-24H. The first-order valence-electron chi connectivity index (χ1n) is 12.8. The summed E-state index contributed by atoms with van der Waals surface area (Å²) >= 11 is 3.55. The number of rotatable bonds is 4. The highest BCUT2D eigenvalue weighted by Crippen LogP contribution is 2.36. The van der Waals surface area contributed by atoms with Crippen LogP contribution in [0.15, 0.2) is 150 Å². The quantitative estimate of drug-likeness (QED) is 0.205. The van der Waals surface area contributed by atoms with Crippen molar-refractivity contribution in [3.63, 3.8) is 0 Å². The van der Waals surface area contributed by atoms with Crippen molar-refractivity contribution in [3.05, 3.63) is 150 Å². The molecule has 6 aromatic carbocycles. The molecule has 0 N–H and O–H groups in total. The predicted molar refractivity (Wildman–Crippen MR) is 165 cm³/mol. The van der Waals surface area contributed by atoms with Gasteiger partial charge in [0.2, 0.25) is 0 Å². The summed E-state index contributed by atoms with van der Waals surface area (Å²) in [4.78, 5) is 0. The van der Waals surface area contributed by atoms with Gasteiger partial charge in [-0.3, -0.25) is 0 Å². The van der Waals surface area contributed by atoms with Gasteiger partial charge in [-0.15, -0.1) is 0 Å². The fraction of sp³-hybridized carbons (Fsp3) is 0. The van der Waals surface area contributed by atoms with Gasteiger partial charge in [-0.05, 0) is 75.8 Å². The van der Waals surface area contributed by atoms with Crippen LogP contribution in [0.2, 0.25) is 0 Å². The van der Waals surface area contributed by atoms with Crippen LogP contribution < -0.4 is 0 Å². The second kappa shape index (κ2) is 9.48. The smallest absolute Gasteiger partial charge is 0.0547 e. The summed E-state index contributed by atoms with van der Waals surface area (Å²) in [7, 11) is 0. The lowest BCUT2D eigenvalue weighted by Gasteiger charge is -2.11. The average Bonchev–Trinajstić information content (AvgIpc) is 3.32. The second-order valence-electron chi connectivity index (χ2n) is 9.59. The SMILES string of the molecule is Brc1ccc(-c2cccc(-c3ccc4c5ccccc5n(-c5cccc(-c6ccccc6)c5)c4c3)c2)cc1. The number of hydrogen-bond acceptors (Lipinski definition) is 0. The average molecular weight is 550 g/mol. The number of nitrogens with zero attached hydrogens (tertiary/aromatic N) is 1. The first kappa shape index (κ1) is 22.8. The molecule has 0 saturated heterocycles. The van der Waals surface area contributed by atoms with Crippen LogP contribution in [0.3, 0.4) is 0 Å². The summed E-state index contributed by atoms with van der Waals surface area (Å²) in [5.41, 5.74) is 10.9. The summed E-state index contributed by atoms with van der Waals surface area (Å²) in [5, 5.41) is 2.53. The van der Waals surface area contributed by atoms with Gasteiger partial charge in [-0.1, -0.05) is 119 Å². The molecule has 0 aliphatic heterocycles. The van der Waals surface area contributed by atoms with E-state index in [1.807, 2.05) is 0 Å². The van der Waals surface area contributed by atoms with Crippen LogP contribution >= 0.6 is 15.9 Å². The molecule has 7 rings (SSSR count). The molecule has 0 aliphatic carbocycles. The molecular formula is C36H24BrN. The molecule has 0 spiro atoms. The predicted octanol–water partition coefficient (Wildman–Crippen LogP) is 10.5. The molecule has 1 heterocycles. The molecule has 1 nitrogen and oxygen atoms in total. The lowest BCUT2D eigenvalue weighted by molar-refractivity contribution is 1.18. The second-order valence-corrected chi connectivity index (χ2v) is 10.5. The molecule has 0 bridgehead atoms. The first-order chi connectivity index (χ1) is 18.7. The number of halogens is 1. The van der Waals surface area contributed by atoms with Gasteiger partial charge in [0.25, 0.3) is 0 Å². The largest absolute Gasteiger partial charge is 0.309 e. The Labute approximate surface area is 230 Å². The van der Waals surface area contributed by atoms with E-state index in [1.54, 1.807) is 0 Å². The van der Waals surface area contributed by atoms with Gasteiger partial charge < -0.3 is 4.57 Å². The normalized spacial score (nSPS) is 11.3. The van der Waals surface area contributed by atoms with E-state index in [9.17, 15) is 0 Å². The minimum atomic E-state index is 1.09. The maximum atomic E-state index is 3.55. The van der Waals surface area contributed by atoms with E-state index in [0.29, 0.717) is 0 Å². The lowest BCUT2D eigenvalue weighted by Crippen LogP contribution is -1.94. The summed E-state index contributed by atoms with van der Waals surface area (Å²) < 4.78 is 3.49. The Hall–Kier alpha value is -4.40. The highest BCUT2D eigenvalue weighted by atomic mass is 79.9. The summed E-state index contributed by atoms with van der Waals surface area (Å²) in [6, 6.07) is 52.3. The summed E-state index contributed by atoms with van der Waals surface area (Å²) in [6.07, 6.45) is 0. The maximum absolute atomic E-state index is 3.55. The lowest BCUT2D eigenvalue weighted by atomic mass is 9.98. The zero-order valence-corrected chi connectivity index (χ0v) is 22.3. The van der Waals surface area contributed by atoms with Crippen LogP contribution in [0, 0.1) is 0 Å². The minimum Gasteiger partial charge on any atom is -0.309 e. The van der Waals surface area contributed by atoms with Crippen molar-refractivity contribution in [2.24, 2.45) is 0 Å². The molecular weight excluding hydrogens is 526 g/mol. The van der Waals surface area contributed by atoms with Crippen LogP contribution in [-0.4, -0.2) is 4.57 Å². The fourth-order valence-electron chi connectivity index (χ4n) is 5.40. The van der Waals surface area contributed by atoms with Crippen molar-refractivity contribution in [3.8, 4) is 39.1 Å². The zero-order valence-electron chi connectivity index (χ0n) is 20.7. The Kier molecular flexibility index (Phi) is 5.68. The van der Waals surface area contributed by atoms with E-state index in [-0.39, 0.29) is 0 Å². The van der Waals surface area contributed by atoms with Gasteiger partial charge >= 0.3 is 0 Å². The molecule has 38 heavy (non-hydrogen) atoms. The van der Waals surface area contributed by atoms with Gasteiger partial charge in [0.05, 0.1) is 11.0 Å². The Morgan fingerprint density at radius 1 is 0.368 bits per heavy atom. The number of aromatic nitrogens is 1. The van der Waals surface area contributed by atoms with Crippen LogP contribution in [0.25, 0.3) is 60.9 Å². The molecule has 0 aliphatic rings. The molecule has 0 fully saturated rings. The molecule has 180 valence electrons. The summed E-state index contributed by atoms with van der Waals surface area (Å²) in [5.74, 6) is 0. The molecule has 1 aromatic heterocycles. The van der Waals surface area contributed by atoms with Crippen LogP contribution in [0.5, 0.6) is 0 Å². The third-order valence-electron chi connectivity index (χ3n) is 7.26. The zero-order chi connectivity index (χ0) is 25.5. The van der Waals surface area contributed by atoms with Gasteiger partial charge in [0.15, 0.2) is 0 Å². The van der Waals surface area contributed by atoms with Crippen LogP contribution in [-0.2, 0) is 0 Å². The number of hydrogen-bond donors (Lipinski definition) is 0. The third kappa shape index (κ3) is 4.04. The summed E-state index contributed by atoms with van der Waals surface area (Å²) in [6.45, 7) is 0. The van der Waals surface area contributed by atoms with Gasteiger partial charge in [0.1, 0.15) is 0 Å². The Balaban J connectivity index is 1.41. The molecule has 0 unspecified atom stereocenters. The molecule has 0 radical (unpaired) electrons. The maximum Gasteiger partial charge on any atom is 0.0547 e. The minimum absolute atomic E-state index is 1.09.